The summed E-state index contributed by atoms with van der Waals surface area (Å²) in [6, 6.07) is 41.7. The molecule has 1 N–H and O–H groups in total. The van der Waals surface area contributed by atoms with Crippen molar-refractivity contribution in [3.8, 4) is 67.5 Å². The molecular formula is C68H80N3OPt-. The predicted molar refractivity (Wildman–Crippen MR) is 308 cm³/mol. The monoisotopic (exact) mass is 1160 g/mol. The molecule has 0 saturated carbocycles. The maximum Gasteiger partial charge on any atom is 0.148 e. The van der Waals surface area contributed by atoms with E-state index in [0.29, 0.717) is 33.8 Å². The number of fused-ring (bicyclic) bond motifs is 1. The Bertz CT molecular complexity index is 3490. The van der Waals surface area contributed by atoms with Crippen LogP contribution in [0, 0.1) is 19.8 Å². The molecule has 0 aliphatic heterocycles. The molecule has 0 unspecified atom stereocenters. The first-order valence-electron chi connectivity index (χ1n) is 29.1. The van der Waals surface area contributed by atoms with Gasteiger partial charge >= 0.3 is 0 Å². The molecule has 73 heavy (non-hydrogen) atoms. The number of aryl methyl sites for hydroxylation is 2. The van der Waals surface area contributed by atoms with Gasteiger partial charge in [-0.25, -0.2) is 4.98 Å². The second kappa shape index (κ2) is 20.6. The van der Waals surface area contributed by atoms with Crippen LogP contribution >= 0.6 is 0 Å². The van der Waals surface area contributed by atoms with Gasteiger partial charge in [0, 0.05) is 46.7 Å². The van der Waals surface area contributed by atoms with Gasteiger partial charge < -0.3 is 5.11 Å². The van der Waals surface area contributed by atoms with Crippen molar-refractivity contribution in [2.45, 2.75) is 170 Å². The Morgan fingerprint density at radius 2 is 1.15 bits per heavy atom. The number of hydrogen-bond donors (Lipinski definition) is 1. The molecule has 384 valence electrons. The van der Waals surface area contributed by atoms with E-state index in [-0.39, 0.29) is 59.6 Å². The standard InChI is InChI=1S/C68H80N3O.Pt/c1-18-67(16,19-2)54-25-23-26-55(68(17,20-3)21-4)60(54)47-32-33-58(44(6)36-47)71-59-27-22-24-52(61(59)70-63(71)53-41-51(65(10,11)12)42-56(62(53)72)66(13,14)15)48-37-49(39-50(38-48)64(7,8)9)57-40-46(34-35-69-57)45-30-28-43(5)29-31-45;/h22-36,38-42,72H,18-21H2,1-17H3;/q-1;/i5D3,6D3;. The van der Waals surface area contributed by atoms with Crippen molar-refractivity contribution in [1.82, 2.24) is 14.5 Å². The third-order valence-electron chi connectivity index (χ3n) is 16.0. The Morgan fingerprint density at radius 1 is 0.562 bits per heavy atom. The summed E-state index contributed by atoms with van der Waals surface area (Å²) < 4.78 is 53.9. The van der Waals surface area contributed by atoms with Gasteiger partial charge in [0.15, 0.2) is 0 Å². The van der Waals surface area contributed by atoms with Gasteiger partial charge in [0.25, 0.3) is 0 Å². The molecule has 0 aliphatic carbocycles. The van der Waals surface area contributed by atoms with E-state index >= 15 is 0 Å². The average molecular weight is 1160 g/mol. The fourth-order valence-corrected chi connectivity index (χ4v) is 10.3. The number of hydrogen-bond acceptors (Lipinski definition) is 3. The number of aromatic hydroxyl groups is 1. The van der Waals surface area contributed by atoms with E-state index in [4.69, 9.17) is 14.1 Å². The molecule has 0 bridgehead atoms. The first-order chi connectivity index (χ1) is 36.3. The van der Waals surface area contributed by atoms with Gasteiger partial charge in [0.05, 0.1) is 22.3 Å². The fourth-order valence-electron chi connectivity index (χ4n) is 10.3. The van der Waals surface area contributed by atoms with Crippen molar-refractivity contribution >= 4 is 11.0 Å². The zero-order valence-electron chi connectivity index (χ0n) is 52.0. The summed E-state index contributed by atoms with van der Waals surface area (Å²) in [6.45, 7) is 28.1. The zero-order valence-corrected chi connectivity index (χ0v) is 48.3. The summed E-state index contributed by atoms with van der Waals surface area (Å²) in [4.78, 5) is 10.5. The molecule has 5 heteroatoms. The van der Waals surface area contributed by atoms with Gasteiger partial charge in [0.1, 0.15) is 11.6 Å². The van der Waals surface area contributed by atoms with Gasteiger partial charge in [-0.3, -0.25) is 9.55 Å². The Hall–Kier alpha value is -5.57. The molecule has 2 heterocycles. The molecule has 0 radical (unpaired) electrons. The normalized spacial score (nSPS) is 14.2. The SMILES string of the molecule is [2H]C([2H])([2H])c1ccc(-c2ccnc(-c3[c-]c(-c4cccc5c4nc(-c4cc(C(C)(C)C)cc(C(C)(C)C)c4O)n5-c4ccc(-c5c(C(C)(CC)CC)cccc5C(C)(CC)CC)cc4C([2H])([2H])[2H])cc(C(C)(C)C)c3)c2)cc1.[Pt]. The fraction of sp³-hybridized carbons (Fsp3) is 0.382. The third-order valence-corrected chi connectivity index (χ3v) is 16.0. The molecule has 0 atom stereocenters. The molecule has 0 aliphatic rings. The van der Waals surface area contributed by atoms with E-state index in [0.717, 1.165) is 81.3 Å². The molecular weight excluding hydrogens is 1070 g/mol. The molecule has 6 aromatic carbocycles. The van der Waals surface area contributed by atoms with Gasteiger partial charge in [-0.2, -0.15) is 0 Å². The number of rotatable bonds is 12. The summed E-state index contributed by atoms with van der Waals surface area (Å²) in [6.07, 6.45) is 5.45. The number of nitrogens with zero attached hydrogens (tertiary/aromatic N) is 3. The van der Waals surface area contributed by atoms with Gasteiger partial charge in [-0.1, -0.05) is 193 Å². The van der Waals surface area contributed by atoms with Crippen molar-refractivity contribution in [2.24, 2.45) is 0 Å². The minimum absolute atomic E-state index is 0. The Labute approximate surface area is 461 Å². The largest absolute Gasteiger partial charge is 0.507 e. The van der Waals surface area contributed by atoms with E-state index in [1.54, 1.807) is 18.3 Å². The summed E-state index contributed by atoms with van der Waals surface area (Å²) in [7, 11) is 0. The molecule has 0 saturated heterocycles. The summed E-state index contributed by atoms with van der Waals surface area (Å²) in [5, 5.41) is 12.7. The number of pyridine rings is 1. The molecule has 0 fully saturated rings. The van der Waals surface area contributed by atoms with E-state index < -0.39 is 19.1 Å². The van der Waals surface area contributed by atoms with Crippen LogP contribution in [-0.4, -0.2) is 19.6 Å². The average Bonchev–Trinajstić information content (AvgIpc) is 4.07. The van der Waals surface area contributed by atoms with Crippen molar-refractivity contribution in [2.75, 3.05) is 0 Å². The van der Waals surface area contributed by atoms with Crippen molar-refractivity contribution in [1.29, 1.82) is 0 Å². The Balaban J connectivity index is 0.00000903. The summed E-state index contributed by atoms with van der Waals surface area (Å²) >= 11 is 0. The van der Waals surface area contributed by atoms with Crippen molar-refractivity contribution in [3.05, 3.63) is 166 Å². The molecule has 8 aromatic rings. The Morgan fingerprint density at radius 3 is 1.73 bits per heavy atom. The van der Waals surface area contributed by atoms with Crippen LogP contribution in [0.4, 0.5) is 0 Å². The van der Waals surface area contributed by atoms with Gasteiger partial charge in [-0.15, -0.1) is 29.3 Å². The minimum Gasteiger partial charge on any atom is -0.507 e. The first kappa shape index (κ1) is 47.2. The first-order valence-corrected chi connectivity index (χ1v) is 26.1. The van der Waals surface area contributed by atoms with E-state index in [2.05, 4.69) is 152 Å². The molecule has 0 spiro atoms. The van der Waals surface area contributed by atoms with Crippen LogP contribution in [0.1, 0.15) is 177 Å². The molecule has 8 rings (SSSR count). The Kier molecular flexibility index (Phi) is 13.3. The second-order valence-electron chi connectivity index (χ2n) is 23.8. The second-order valence-corrected chi connectivity index (χ2v) is 23.8. The topological polar surface area (TPSA) is 50.9 Å². The molecule has 2 aromatic heterocycles. The number of phenols is 1. The van der Waals surface area contributed by atoms with E-state index in [9.17, 15) is 9.22 Å². The predicted octanol–water partition coefficient (Wildman–Crippen LogP) is 18.9. The van der Waals surface area contributed by atoms with Crippen LogP contribution in [0.3, 0.4) is 0 Å². The number of para-hydroxylation sites is 1. The minimum atomic E-state index is -2.57. The number of imidazole rings is 1. The molecule has 0 amide bonds. The van der Waals surface area contributed by atoms with Crippen LogP contribution in [0.15, 0.2) is 121 Å². The molecule has 4 nitrogen and oxygen atoms in total. The van der Waals surface area contributed by atoms with Crippen LogP contribution in [0.2, 0.25) is 0 Å². The number of aromatic nitrogens is 3. The quantitative estimate of drug-likeness (QED) is 0.124. The van der Waals surface area contributed by atoms with E-state index in [1.165, 1.54) is 11.1 Å². The maximum absolute atomic E-state index is 12.7. The van der Waals surface area contributed by atoms with Crippen molar-refractivity contribution < 1.29 is 34.4 Å². The van der Waals surface area contributed by atoms with Gasteiger partial charge in [0.2, 0.25) is 0 Å². The van der Waals surface area contributed by atoms with E-state index in [1.807, 2.05) is 65.2 Å². The van der Waals surface area contributed by atoms with Crippen molar-refractivity contribution in [3.63, 3.8) is 0 Å². The number of phenolic OH excluding ortho intramolecular Hbond substituents is 1. The number of benzene rings is 6. The summed E-state index contributed by atoms with van der Waals surface area (Å²) in [5.41, 5.74) is 13.3. The zero-order chi connectivity index (χ0) is 57.3. The smallest absolute Gasteiger partial charge is 0.148 e. The van der Waals surface area contributed by atoms with Crippen LogP contribution in [0.25, 0.3) is 72.7 Å². The third kappa shape index (κ3) is 10.6. The summed E-state index contributed by atoms with van der Waals surface area (Å²) in [5.74, 6) is 0.518. The van der Waals surface area contributed by atoms with Crippen LogP contribution in [0.5, 0.6) is 5.75 Å². The van der Waals surface area contributed by atoms with Crippen LogP contribution in [-0.2, 0) is 48.1 Å². The van der Waals surface area contributed by atoms with Gasteiger partial charge in [-0.05, 0) is 141 Å². The maximum atomic E-state index is 12.7. The van der Waals surface area contributed by atoms with Crippen LogP contribution < -0.4 is 0 Å².